The van der Waals surface area contributed by atoms with Gasteiger partial charge in [0.1, 0.15) is 10.8 Å². The molecule has 2 aromatic rings. The van der Waals surface area contributed by atoms with Gasteiger partial charge in [0.2, 0.25) is 5.13 Å². The summed E-state index contributed by atoms with van der Waals surface area (Å²) < 4.78 is 10.4. The summed E-state index contributed by atoms with van der Waals surface area (Å²) >= 11 is 7.24. The van der Waals surface area contributed by atoms with Gasteiger partial charge < -0.3 is 9.47 Å². The summed E-state index contributed by atoms with van der Waals surface area (Å²) in [5.74, 6) is 0.106. The predicted octanol–water partition coefficient (Wildman–Crippen LogP) is 3.03. The van der Waals surface area contributed by atoms with Crippen LogP contribution in [0.15, 0.2) is 18.2 Å². The highest BCUT2D eigenvalue weighted by molar-refractivity contribution is 7.15. The summed E-state index contributed by atoms with van der Waals surface area (Å²) in [5, 5.41) is 12.3. The zero-order valence-corrected chi connectivity index (χ0v) is 13.8. The lowest BCUT2D eigenvalue weighted by Crippen LogP contribution is -2.13. The van der Waals surface area contributed by atoms with Crippen LogP contribution in [0.1, 0.15) is 22.3 Å². The zero-order chi connectivity index (χ0) is 15.9. The topological polar surface area (TPSA) is 73.3 Å². The Labute approximate surface area is 137 Å². The molecule has 0 saturated heterocycles. The van der Waals surface area contributed by atoms with Crippen molar-refractivity contribution < 1.29 is 14.3 Å². The lowest BCUT2D eigenvalue weighted by molar-refractivity contribution is 0.102. The van der Waals surface area contributed by atoms with Crippen LogP contribution >= 0.6 is 22.9 Å². The van der Waals surface area contributed by atoms with E-state index in [9.17, 15) is 4.79 Å². The quantitative estimate of drug-likeness (QED) is 0.783. The number of ether oxygens (including phenoxy) is 2. The van der Waals surface area contributed by atoms with E-state index in [-0.39, 0.29) is 5.91 Å². The van der Waals surface area contributed by atoms with Crippen molar-refractivity contribution in [3.05, 3.63) is 33.8 Å². The van der Waals surface area contributed by atoms with E-state index in [2.05, 4.69) is 15.5 Å². The first-order chi connectivity index (χ1) is 10.6. The smallest absolute Gasteiger partial charge is 0.261 e. The van der Waals surface area contributed by atoms with Crippen LogP contribution in [-0.2, 0) is 11.2 Å². The van der Waals surface area contributed by atoms with Gasteiger partial charge in [0.25, 0.3) is 5.91 Å². The summed E-state index contributed by atoms with van der Waals surface area (Å²) in [4.78, 5) is 12.3. The molecule has 0 bridgehead atoms. The number of amides is 1. The molecule has 0 fully saturated rings. The molecule has 0 atom stereocenters. The van der Waals surface area contributed by atoms with Gasteiger partial charge in [-0.25, -0.2) is 0 Å². The third-order valence-corrected chi connectivity index (χ3v) is 3.89. The zero-order valence-electron chi connectivity index (χ0n) is 12.3. The van der Waals surface area contributed by atoms with Crippen LogP contribution in [0.25, 0.3) is 0 Å². The molecule has 1 aromatic heterocycles. The summed E-state index contributed by atoms with van der Waals surface area (Å²) in [6, 6.07) is 4.85. The molecule has 0 aliphatic rings. The molecule has 1 aromatic carbocycles. The largest absolute Gasteiger partial charge is 0.496 e. The lowest BCUT2D eigenvalue weighted by atomic mass is 10.2. The Balaban J connectivity index is 2.04. The van der Waals surface area contributed by atoms with Crippen LogP contribution < -0.4 is 10.1 Å². The van der Waals surface area contributed by atoms with E-state index in [4.69, 9.17) is 21.1 Å². The first kappa shape index (κ1) is 16.7. The van der Waals surface area contributed by atoms with E-state index in [0.29, 0.717) is 41.1 Å². The van der Waals surface area contributed by atoms with Crippen LogP contribution in [0, 0.1) is 0 Å². The van der Waals surface area contributed by atoms with Crippen LogP contribution in [0.3, 0.4) is 0 Å². The van der Waals surface area contributed by atoms with Crippen LogP contribution in [0.5, 0.6) is 5.75 Å². The second-order valence-electron chi connectivity index (χ2n) is 4.25. The predicted molar refractivity (Wildman–Crippen MR) is 86.1 cm³/mol. The molecule has 0 spiro atoms. The van der Waals surface area contributed by atoms with Crippen LogP contribution in [-0.4, -0.2) is 36.4 Å². The Morgan fingerprint density at radius 1 is 1.41 bits per heavy atom. The number of methoxy groups -OCH3 is 1. The van der Waals surface area contributed by atoms with E-state index in [0.717, 1.165) is 5.01 Å². The standard InChI is InChI=1S/C14H16ClN3O3S/c1-3-21-7-6-12-17-18-14(22-12)16-13(19)10-8-9(15)4-5-11(10)20-2/h4-5,8H,3,6-7H2,1-2H3,(H,16,18,19). The molecule has 0 saturated carbocycles. The van der Waals surface area contributed by atoms with Gasteiger partial charge in [-0.1, -0.05) is 22.9 Å². The second-order valence-corrected chi connectivity index (χ2v) is 5.75. The molecule has 8 heteroatoms. The highest BCUT2D eigenvalue weighted by Gasteiger charge is 2.15. The highest BCUT2D eigenvalue weighted by Crippen LogP contribution is 2.24. The molecule has 1 amide bonds. The number of carbonyl (C=O) groups excluding carboxylic acids is 1. The minimum Gasteiger partial charge on any atom is -0.496 e. The van der Waals surface area contributed by atoms with Gasteiger partial charge in [-0.3, -0.25) is 10.1 Å². The number of anilines is 1. The van der Waals surface area contributed by atoms with Crippen molar-refractivity contribution in [3.8, 4) is 5.75 Å². The number of hydrogen-bond acceptors (Lipinski definition) is 6. The third-order valence-electron chi connectivity index (χ3n) is 2.76. The van der Waals surface area contributed by atoms with Gasteiger partial charge in [-0.2, -0.15) is 0 Å². The van der Waals surface area contributed by atoms with Gasteiger partial charge in [-0.15, -0.1) is 10.2 Å². The molecule has 1 heterocycles. The molecule has 118 valence electrons. The van der Waals surface area contributed by atoms with E-state index in [1.54, 1.807) is 18.2 Å². The van der Waals surface area contributed by atoms with Crippen molar-refractivity contribution in [2.75, 3.05) is 25.6 Å². The Morgan fingerprint density at radius 2 is 2.23 bits per heavy atom. The Kier molecular flexibility index (Phi) is 6.11. The normalized spacial score (nSPS) is 10.5. The fraction of sp³-hybridized carbons (Fsp3) is 0.357. The molecular formula is C14H16ClN3O3S. The minimum atomic E-state index is -0.341. The number of aromatic nitrogens is 2. The first-order valence-electron chi connectivity index (χ1n) is 6.69. The number of nitrogens with zero attached hydrogens (tertiary/aromatic N) is 2. The van der Waals surface area contributed by atoms with Crippen molar-refractivity contribution in [1.82, 2.24) is 10.2 Å². The van der Waals surface area contributed by atoms with Gasteiger partial charge in [0, 0.05) is 18.1 Å². The Bertz CT molecular complexity index is 648. The van der Waals surface area contributed by atoms with E-state index in [1.165, 1.54) is 18.4 Å². The summed E-state index contributed by atoms with van der Waals surface area (Å²) in [7, 11) is 1.50. The van der Waals surface area contributed by atoms with Gasteiger partial charge in [0.05, 0.1) is 19.3 Å². The summed E-state index contributed by atoms with van der Waals surface area (Å²) in [6.45, 7) is 3.18. The summed E-state index contributed by atoms with van der Waals surface area (Å²) in [5.41, 5.74) is 0.348. The number of rotatable bonds is 7. The van der Waals surface area contributed by atoms with Gasteiger partial charge in [-0.05, 0) is 25.1 Å². The maximum absolute atomic E-state index is 12.3. The third kappa shape index (κ3) is 4.40. The number of hydrogen-bond donors (Lipinski definition) is 1. The molecule has 1 N–H and O–H groups in total. The average molecular weight is 342 g/mol. The number of halogens is 1. The van der Waals surface area contributed by atoms with Crippen LogP contribution in [0.4, 0.5) is 5.13 Å². The van der Waals surface area contributed by atoms with E-state index in [1.807, 2.05) is 6.92 Å². The van der Waals surface area contributed by atoms with Crippen molar-refractivity contribution in [3.63, 3.8) is 0 Å². The van der Waals surface area contributed by atoms with Crippen molar-refractivity contribution >= 4 is 34.0 Å². The lowest BCUT2D eigenvalue weighted by Gasteiger charge is -2.07. The summed E-state index contributed by atoms with van der Waals surface area (Å²) in [6.07, 6.45) is 0.669. The average Bonchev–Trinajstić information content (AvgIpc) is 2.95. The maximum Gasteiger partial charge on any atom is 0.261 e. The molecule has 0 radical (unpaired) electrons. The van der Waals surface area contributed by atoms with Crippen molar-refractivity contribution in [1.29, 1.82) is 0 Å². The number of nitrogens with one attached hydrogen (secondary N) is 1. The fourth-order valence-corrected chi connectivity index (χ4v) is 2.62. The molecule has 2 rings (SSSR count). The van der Waals surface area contributed by atoms with E-state index >= 15 is 0 Å². The molecule has 22 heavy (non-hydrogen) atoms. The second kappa shape index (κ2) is 8.07. The van der Waals surface area contributed by atoms with E-state index < -0.39 is 0 Å². The minimum absolute atomic E-state index is 0.341. The molecular weight excluding hydrogens is 326 g/mol. The van der Waals surface area contributed by atoms with Gasteiger partial charge in [0.15, 0.2) is 0 Å². The first-order valence-corrected chi connectivity index (χ1v) is 7.88. The Morgan fingerprint density at radius 3 is 2.95 bits per heavy atom. The Hall–Kier alpha value is -1.70. The number of carbonyl (C=O) groups is 1. The van der Waals surface area contributed by atoms with Crippen molar-refractivity contribution in [2.45, 2.75) is 13.3 Å². The SMILES string of the molecule is CCOCCc1nnc(NC(=O)c2cc(Cl)ccc2OC)s1. The van der Waals surface area contributed by atoms with Crippen molar-refractivity contribution in [2.24, 2.45) is 0 Å². The molecule has 0 aliphatic heterocycles. The molecule has 0 aliphatic carbocycles. The fourth-order valence-electron chi connectivity index (χ4n) is 1.73. The molecule has 6 nitrogen and oxygen atoms in total. The van der Waals surface area contributed by atoms with Gasteiger partial charge >= 0.3 is 0 Å². The van der Waals surface area contributed by atoms with Crippen LogP contribution in [0.2, 0.25) is 5.02 Å². The number of benzene rings is 1. The molecule has 0 unspecified atom stereocenters. The monoisotopic (exact) mass is 341 g/mol. The highest BCUT2D eigenvalue weighted by atomic mass is 35.5. The maximum atomic E-state index is 12.3.